The van der Waals surface area contributed by atoms with Gasteiger partial charge >= 0.3 is 0 Å². The summed E-state index contributed by atoms with van der Waals surface area (Å²) in [6.07, 6.45) is 0. The van der Waals surface area contributed by atoms with Crippen LogP contribution in [0.5, 0.6) is 5.75 Å². The first kappa shape index (κ1) is 23.6. The zero-order valence-electron chi connectivity index (χ0n) is 18.0. The number of furan rings is 1. The fraction of sp³-hybridized carbons (Fsp3) is 0.227. The quantitative estimate of drug-likeness (QED) is 0.463. The first-order valence-electron chi connectivity index (χ1n) is 9.58. The Hall–Kier alpha value is -3.01. The van der Waals surface area contributed by atoms with Gasteiger partial charge in [-0.1, -0.05) is 11.6 Å². The van der Waals surface area contributed by atoms with E-state index in [1.165, 1.54) is 31.4 Å². The van der Waals surface area contributed by atoms with Gasteiger partial charge in [0.15, 0.2) is 0 Å². The number of methoxy groups -OCH3 is 1. The fourth-order valence-electron chi connectivity index (χ4n) is 2.82. The Morgan fingerprint density at radius 3 is 2.41 bits per heavy atom. The first-order chi connectivity index (χ1) is 14.9. The van der Waals surface area contributed by atoms with Gasteiger partial charge in [0.2, 0.25) is 5.91 Å². The number of carbonyl (C=O) groups is 1. The lowest BCUT2D eigenvalue weighted by Gasteiger charge is -2.19. The minimum atomic E-state index is -4.07. The number of halogens is 1. The van der Waals surface area contributed by atoms with Crippen LogP contribution in [0, 0.1) is 6.92 Å². The molecule has 0 aliphatic rings. The van der Waals surface area contributed by atoms with Crippen LogP contribution in [-0.2, 0) is 14.8 Å². The molecule has 0 saturated carbocycles. The zero-order valence-corrected chi connectivity index (χ0v) is 19.6. The van der Waals surface area contributed by atoms with Crippen LogP contribution in [0.15, 0.2) is 57.8 Å². The van der Waals surface area contributed by atoms with Crippen molar-refractivity contribution in [3.63, 3.8) is 0 Å². The fourth-order valence-corrected chi connectivity index (χ4v) is 4.43. The lowest BCUT2D eigenvalue weighted by molar-refractivity contribution is -0.120. The van der Waals surface area contributed by atoms with E-state index < -0.39 is 21.5 Å². The van der Waals surface area contributed by atoms with Crippen molar-refractivity contribution in [2.24, 2.45) is 5.73 Å². The number of ether oxygens (including phenoxy) is 1. The second kappa shape index (κ2) is 8.85. The van der Waals surface area contributed by atoms with E-state index >= 15 is 0 Å². The molecule has 1 heterocycles. The molecule has 32 heavy (non-hydrogen) atoms. The molecule has 4 N–H and O–H groups in total. The molecule has 3 aromatic rings. The van der Waals surface area contributed by atoms with Crippen molar-refractivity contribution in [3.05, 3.63) is 59.3 Å². The Morgan fingerprint density at radius 1 is 1.12 bits per heavy atom. The van der Waals surface area contributed by atoms with Crippen molar-refractivity contribution in [2.75, 3.05) is 17.1 Å². The topological polar surface area (TPSA) is 124 Å². The summed E-state index contributed by atoms with van der Waals surface area (Å²) in [5.74, 6) is 1.14. The minimum Gasteiger partial charge on any atom is -0.495 e. The summed E-state index contributed by atoms with van der Waals surface area (Å²) >= 11 is 6.30. The maximum absolute atomic E-state index is 13.1. The van der Waals surface area contributed by atoms with Gasteiger partial charge in [-0.3, -0.25) is 9.52 Å². The van der Waals surface area contributed by atoms with Crippen LogP contribution in [0.2, 0.25) is 5.02 Å². The molecule has 0 bridgehead atoms. The molecule has 0 spiro atoms. The van der Waals surface area contributed by atoms with Gasteiger partial charge in [-0.15, -0.1) is 0 Å². The van der Waals surface area contributed by atoms with Crippen molar-refractivity contribution in [1.82, 2.24) is 0 Å². The van der Waals surface area contributed by atoms with E-state index in [1.54, 1.807) is 38.1 Å². The SMILES string of the molecule is COc1ccc(NC(=O)C(C)(C)N)cc1NS(=O)(=O)c1ccc(-c2ccc(C)o2)cc1Cl. The van der Waals surface area contributed by atoms with Crippen LogP contribution in [0.25, 0.3) is 11.3 Å². The van der Waals surface area contributed by atoms with Gasteiger partial charge in [0.05, 0.1) is 23.4 Å². The molecule has 0 unspecified atom stereocenters. The largest absolute Gasteiger partial charge is 0.495 e. The van der Waals surface area contributed by atoms with Crippen molar-refractivity contribution >= 4 is 38.9 Å². The summed E-state index contributed by atoms with van der Waals surface area (Å²) in [6, 6.07) is 12.6. The lowest BCUT2D eigenvalue weighted by Crippen LogP contribution is -2.45. The minimum absolute atomic E-state index is 0.0253. The Bertz CT molecular complexity index is 1260. The van der Waals surface area contributed by atoms with Gasteiger partial charge in [-0.25, -0.2) is 8.42 Å². The zero-order chi connectivity index (χ0) is 23.7. The molecule has 0 atom stereocenters. The summed E-state index contributed by atoms with van der Waals surface area (Å²) in [5.41, 5.74) is 5.81. The molecular formula is C22H24ClN3O5S. The molecular weight excluding hydrogens is 454 g/mol. The molecule has 170 valence electrons. The van der Waals surface area contributed by atoms with Crippen molar-refractivity contribution < 1.29 is 22.4 Å². The van der Waals surface area contributed by atoms with Crippen molar-refractivity contribution in [1.29, 1.82) is 0 Å². The van der Waals surface area contributed by atoms with Gasteiger partial charge < -0.3 is 20.2 Å². The third kappa shape index (κ3) is 5.24. The molecule has 10 heteroatoms. The van der Waals surface area contributed by atoms with Crippen LogP contribution >= 0.6 is 11.6 Å². The van der Waals surface area contributed by atoms with Crippen molar-refractivity contribution in [3.8, 4) is 17.1 Å². The Labute approximate surface area is 191 Å². The number of nitrogens with two attached hydrogens (primary N) is 1. The van der Waals surface area contributed by atoms with Crippen LogP contribution in [0.3, 0.4) is 0 Å². The maximum Gasteiger partial charge on any atom is 0.263 e. The van der Waals surface area contributed by atoms with Gasteiger partial charge in [0.25, 0.3) is 10.0 Å². The average molecular weight is 478 g/mol. The predicted octanol–water partition coefficient (Wildman–Crippen LogP) is 4.39. The van der Waals surface area contributed by atoms with Gasteiger partial charge in [-0.05, 0) is 69.3 Å². The molecule has 1 amide bonds. The van der Waals surface area contributed by atoms with Crippen LogP contribution in [0.1, 0.15) is 19.6 Å². The van der Waals surface area contributed by atoms with Gasteiger partial charge in [-0.2, -0.15) is 0 Å². The molecule has 1 aromatic heterocycles. The predicted molar refractivity (Wildman–Crippen MR) is 125 cm³/mol. The monoisotopic (exact) mass is 477 g/mol. The highest BCUT2D eigenvalue weighted by atomic mass is 35.5. The Morgan fingerprint density at radius 2 is 1.84 bits per heavy atom. The number of anilines is 2. The Kier molecular flexibility index (Phi) is 6.54. The highest BCUT2D eigenvalue weighted by Crippen LogP contribution is 2.33. The number of hydrogen-bond acceptors (Lipinski definition) is 6. The van der Waals surface area contributed by atoms with E-state index in [-0.39, 0.29) is 21.4 Å². The van der Waals surface area contributed by atoms with E-state index in [1.807, 2.05) is 6.92 Å². The average Bonchev–Trinajstić information content (AvgIpc) is 3.13. The van der Waals surface area contributed by atoms with E-state index in [0.29, 0.717) is 17.0 Å². The van der Waals surface area contributed by atoms with Crippen LogP contribution in [0.4, 0.5) is 11.4 Å². The van der Waals surface area contributed by atoms with Crippen molar-refractivity contribution in [2.45, 2.75) is 31.2 Å². The highest BCUT2D eigenvalue weighted by molar-refractivity contribution is 7.92. The van der Waals surface area contributed by atoms with E-state index in [2.05, 4.69) is 10.0 Å². The molecule has 0 saturated heterocycles. The summed E-state index contributed by atoms with van der Waals surface area (Å²) in [4.78, 5) is 12.1. The number of hydrogen-bond donors (Lipinski definition) is 3. The third-order valence-electron chi connectivity index (χ3n) is 4.53. The number of nitrogens with one attached hydrogen (secondary N) is 2. The molecule has 8 nitrogen and oxygen atoms in total. The second-order valence-electron chi connectivity index (χ2n) is 7.75. The summed E-state index contributed by atoms with van der Waals surface area (Å²) in [7, 11) is -2.67. The smallest absolute Gasteiger partial charge is 0.263 e. The number of rotatable bonds is 7. The number of aryl methyl sites for hydroxylation is 1. The summed E-state index contributed by atoms with van der Waals surface area (Å²) in [6.45, 7) is 4.93. The number of amides is 1. The van der Waals surface area contributed by atoms with Crippen LogP contribution in [-0.4, -0.2) is 27.0 Å². The first-order valence-corrected chi connectivity index (χ1v) is 11.4. The number of benzene rings is 2. The van der Waals surface area contributed by atoms with E-state index in [9.17, 15) is 13.2 Å². The standard InChI is InChI=1S/C22H24ClN3O5S/c1-13-5-8-18(31-13)14-6-10-20(16(23)11-14)32(28,29)26-17-12-15(7-9-19(17)30-4)25-21(27)22(2,3)24/h5-12,26H,24H2,1-4H3,(H,25,27). The highest BCUT2D eigenvalue weighted by Gasteiger charge is 2.24. The number of sulfonamides is 1. The molecule has 2 aromatic carbocycles. The summed E-state index contributed by atoms with van der Waals surface area (Å²) < 4.78 is 39.4. The molecule has 0 fully saturated rings. The second-order valence-corrected chi connectivity index (χ2v) is 9.81. The summed E-state index contributed by atoms with van der Waals surface area (Å²) in [5, 5.41) is 2.67. The maximum atomic E-state index is 13.1. The number of carbonyl (C=O) groups excluding carboxylic acids is 1. The van der Waals surface area contributed by atoms with Gasteiger partial charge in [0.1, 0.15) is 22.2 Å². The molecule has 3 rings (SSSR count). The lowest BCUT2D eigenvalue weighted by atomic mass is 10.1. The van der Waals surface area contributed by atoms with Crippen LogP contribution < -0.4 is 20.5 Å². The molecule has 0 aliphatic carbocycles. The molecule has 0 radical (unpaired) electrons. The van der Waals surface area contributed by atoms with E-state index in [0.717, 1.165) is 5.76 Å². The Balaban J connectivity index is 1.91. The third-order valence-corrected chi connectivity index (χ3v) is 6.38. The van der Waals surface area contributed by atoms with E-state index in [4.69, 9.17) is 26.5 Å². The normalized spacial score (nSPS) is 11.8. The molecule has 0 aliphatic heterocycles. The van der Waals surface area contributed by atoms with Gasteiger partial charge in [0, 0.05) is 11.3 Å².